The van der Waals surface area contributed by atoms with Gasteiger partial charge >= 0.3 is 0 Å². The zero-order chi connectivity index (χ0) is 9.64. The molecule has 2 aliphatic rings. The largest absolute Gasteiger partial charge is 0.314 e. The van der Waals surface area contributed by atoms with Gasteiger partial charge in [0, 0.05) is 11.3 Å². The lowest BCUT2D eigenvalue weighted by Gasteiger charge is -2.08. The van der Waals surface area contributed by atoms with Crippen LogP contribution in [-0.4, -0.2) is 23.6 Å². The van der Waals surface area contributed by atoms with Crippen LogP contribution in [0, 0.1) is 0 Å². The highest BCUT2D eigenvalue weighted by atomic mass is 32.2. The van der Waals surface area contributed by atoms with Crippen LogP contribution in [0.3, 0.4) is 0 Å². The van der Waals surface area contributed by atoms with E-state index in [9.17, 15) is 0 Å². The predicted octanol–water partition coefficient (Wildman–Crippen LogP) is 3.19. The van der Waals surface area contributed by atoms with Crippen LogP contribution in [0.5, 0.6) is 0 Å². The molecule has 82 valence electrons. The summed E-state index contributed by atoms with van der Waals surface area (Å²) < 4.78 is 0. The van der Waals surface area contributed by atoms with Crippen molar-refractivity contribution in [3.05, 3.63) is 0 Å². The lowest BCUT2D eigenvalue weighted by molar-refractivity contribution is 0.639. The van der Waals surface area contributed by atoms with Crippen LogP contribution in [0.25, 0.3) is 0 Å². The topological polar surface area (TPSA) is 12.0 Å². The summed E-state index contributed by atoms with van der Waals surface area (Å²) >= 11 is 2.23. The van der Waals surface area contributed by atoms with E-state index in [1.54, 1.807) is 0 Å². The molecule has 0 bridgehead atoms. The van der Waals surface area contributed by atoms with Crippen LogP contribution in [0.4, 0.5) is 0 Å². The van der Waals surface area contributed by atoms with Crippen molar-refractivity contribution < 1.29 is 0 Å². The Labute approximate surface area is 92.4 Å². The van der Waals surface area contributed by atoms with Crippen molar-refractivity contribution in [2.75, 3.05) is 12.3 Å². The Morgan fingerprint density at radius 1 is 1.00 bits per heavy atom. The normalized spacial score (nSPS) is 23.1. The fourth-order valence-corrected chi connectivity index (χ4v) is 3.50. The van der Waals surface area contributed by atoms with E-state index in [2.05, 4.69) is 17.1 Å². The van der Waals surface area contributed by atoms with Crippen LogP contribution in [-0.2, 0) is 0 Å². The molecular weight excluding hydrogens is 190 g/mol. The number of unbranched alkanes of at least 4 members (excludes halogenated alkanes) is 1. The second kappa shape index (κ2) is 6.02. The average Bonchev–Trinajstić information content (AvgIpc) is 2.87. The zero-order valence-corrected chi connectivity index (χ0v) is 9.95. The van der Waals surface area contributed by atoms with Crippen molar-refractivity contribution >= 4 is 11.8 Å². The number of hydrogen-bond donors (Lipinski definition) is 1. The van der Waals surface area contributed by atoms with Gasteiger partial charge in [0.25, 0.3) is 0 Å². The Bertz CT molecular complexity index is 150. The van der Waals surface area contributed by atoms with E-state index in [1.165, 1.54) is 63.7 Å². The second-order valence-electron chi connectivity index (χ2n) is 4.71. The minimum Gasteiger partial charge on any atom is -0.314 e. The first kappa shape index (κ1) is 10.8. The monoisotopic (exact) mass is 213 g/mol. The molecule has 0 aromatic carbocycles. The molecule has 0 spiro atoms. The Kier molecular flexibility index (Phi) is 4.65. The number of hydrogen-bond acceptors (Lipinski definition) is 2. The van der Waals surface area contributed by atoms with Gasteiger partial charge in [-0.3, -0.25) is 0 Å². The molecule has 1 N–H and O–H groups in total. The van der Waals surface area contributed by atoms with Crippen molar-refractivity contribution in [3.8, 4) is 0 Å². The van der Waals surface area contributed by atoms with Gasteiger partial charge in [-0.1, -0.05) is 12.8 Å². The highest BCUT2D eigenvalue weighted by Gasteiger charge is 2.19. The predicted molar refractivity (Wildman–Crippen MR) is 65.0 cm³/mol. The van der Waals surface area contributed by atoms with E-state index in [-0.39, 0.29) is 0 Å². The smallest absolute Gasteiger partial charge is 0.00682 e. The summed E-state index contributed by atoms with van der Waals surface area (Å²) in [5.74, 6) is 1.40. The van der Waals surface area contributed by atoms with E-state index < -0.39 is 0 Å². The molecule has 14 heavy (non-hydrogen) atoms. The van der Waals surface area contributed by atoms with Gasteiger partial charge in [0.15, 0.2) is 0 Å². The zero-order valence-electron chi connectivity index (χ0n) is 9.13. The van der Waals surface area contributed by atoms with Crippen LogP contribution in [0.2, 0.25) is 0 Å². The van der Waals surface area contributed by atoms with E-state index in [4.69, 9.17) is 0 Å². The molecule has 0 aliphatic heterocycles. The van der Waals surface area contributed by atoms with Crippen LogP contribution < -0.4 is 5.32 Å². The van der Waals surface area contributed by atoms with Crippen LogP contribution >= 0.6 is 11.8 Å². The van der Waals surface area contributed by atoms with Crippen molar-refractivity contribution in [1.82, 2.24) is 5.32 Å². The lowest BCUT2D eigenvalue weighted by Crippen LogP contribution is -2.17. The quantitative estimate of drug-likeness (QED) is 0.652. The van der Waals surface area contributed by atoms with Gasteiger partial charge in [0.1, 0.15) is 0 Å². The third-order valence-corrected chi connectivity index (χ3v) is 4.70. The van der Waals surface area contributed by atoms with Crippen molar-refractivity contribution in [1.29, 1.82) is 0 Å². The molecule has 2 aliphatic carbocycles. The van der Waals surface area contributed by atoms with Gasteiger partial charge in [-0.25, -0.2) is 0 Å². The Morgan fingerprint density at radius 3 is 2.50 bits per heavy atom. The molecule has 0 unspecified atom stereocenters. The maximum absolute atomic E-state index is 3.58. The van der Waals surface area contributed by atoms with Crippen LogP contribution in [0.1, 0.15) is 51.4 Å². The van der Waals surface area contributed by atoms with Crippen molar-refractivity contribution in [3.63, 3.8) is 0 Å². The minimum atomic E-state index is 0.900. The highest BCUT2D eigenvalue weighted by Crippen LogP contribution is 2.29. The standard InChI is InChI=1S/C12H23NS/c1-2-6-12(5-1)14-10-4-3-9-13-11-7-8-11/h11-13H,1-10H2. The van der Waals surface area contributed by atoms with Crippen molar-refractivity contribution in [2.45, 2.75) is 62.7 Å². The minimum absolute atomic E-state index is 0.900. The van der Waals surface area contributed by atoms with E-state index >= 15 is 0 Å². The molecule has 2 rings (SSSR count). The van der Waals surface area contributed by atoms with Crippen LogP contribution in [0.15, 0.2) is 0 Å². The Morgan fingerprint density at radius 2 is 1.79 bits per heavy atom. The van der Waals surface area contributed by atoms with Gasteiger partial charge in [-0.05, 0) is 50.8 Å². The van der Waals surface area contributed by atoms with E-state index in [0.29, 0.717) is 0 Å². The molecule has 0 heterocycles. The fourth-order valence-electron chi connectivity index (χ4n) is 2.13. The molecule has 0 radical (unpaired) electrons. The summed E-state index contributed by atoms with van der Waals surface area (Å²) in [6, 6.07) is 0.900. The van der Waals surface area contributed by atoms with Gasteiger partial charge in [0.2, 0.25) is 0 Å². The van der Waals surface area contributed by atoms with Gasteiger partial charge in [0.05, 0.1) is 0 Å². The molecule has 0 aromatic heterocycles. The third kappa shape index (κ3) is 4.22. The molecule has 2 fully saturated rings. The summed E-state index contributed by atoms with van der Waals surface area (Å²) in [6.45, 7) is 1.26. The number of nitrogens with one attached hydrogen (secondary N) is 1. The molecule has 0 atom stereocenters. The molecular formula is C12H23NS. The average molecular weight is 213 g/mol. The number of thioether (sulfide) groups is 1. The molecule has 2 heteroatoms. The maximum atomic E-state index is 3.58. The van der Waals surface area contributed by atoms with Gasteiger partial charge in [-0.15, -0.1) is 0 Å². The summed E-state index contributed by atoms with van der Waals surface area (Å²) in [5.41, 5.74) is 0. The Balaban J connectivity index is 1.35. The summed E-state index contributed by atoms with van der Waals surface area (Å²) in [6.07, 6.45) is 11.6. The first-order valence-electron chi connectivity index (χ1n) is 6.30. The molecule has 0 aromatic rings. The first-order valence-corrected chi connectivity index (χ1v) is 7.35. The third-order valence-electron chi connectivity index (χ3n) is 3.24. The second-order valence-corrected chi connectivity index (χ2v) is 6.12. The van der Waals surface area contributed by atoms with E-state index in [0.717, 1.165) is 11.3 Å². The SMILES string of the molecule is C(CCSC1CCCC1)CNC1CC1. The molecule has 1 nitrogen and oxygen atoms in total. The summed E-state index contributed by atoms with van der Waals surface area (Å²) in [4.78, 5) is 0. The molecule has 0 saturated heterocycles. The van der Waals surface area contributed by atoms with Gasteiger partial charge in [-0.2, -0.15) is 11.8 Å². The van der Waals surface area contributed by atoms with Crippen molar-refractivity contribution in [2.24, 2.45) is 0 Å². The number of rotatable bonds is 7. The molecule has 0 amide bonds. The molecule has 2 saturated carbocycles. The summed E-state index contributed by atoms with van der Waals surface area (Å²) in [7, 11) is 0. The van der Waals surface area contributed by atoms with Gasteiger partial charge < -0.3 is 5.32 Å². The Hall–Kier alpha value is 0.310. The first-order chi connectivity index (χ1) is 6.95. The highest BCUT2D eigenvalue weighted by molar-refractivity contribution is 7.99. The van der Waals surface area contributed by atoms with E-state index in [1.807, 2.05) is 0 Å². The lowest BCUT2D eigenvalue weighted by atomic mass is 10.3. The summed E-state index contributed by atoms with van der Waals surface area (Å²) in [5, 5.41) is 4.60. The maximum Gasteiger partial charge on any atom is 0.00682 e. The fraction of sp³-hybridized carbons (Fsp3) is 1.00.